The van der Waals surface area contributed by atoms with E-state index in [-0.39, 0.29) is 31.1 Å². The number of rotatable bonds is 5. The molecule has 0 bridgehead atoms. The average molecular weight is 539 g/mol. The van der Waals surface area contributed by atoms with Crippen molar-refractivity contribution in [2.75, 3.05) is 18.0 Å². The predicted octanol–water partition coefficient (Wildman–Crippen LogP) is 3.82. The van der Waals surface area contributed by atoms with Gasteiger partial charge in [-0.25, -0.2) is 29.1 Å². The van der Waals surface area contributed by atoms with Crippen molar-refractivity contribution in [2.24, 2.45) is 14.1 Å². The van der Waals surface area contributed by atoms with Crippen molar-refractivity contribution in [3.05, 3.63) is 76.7 Å². The highest BCUT2D eigenvalue weighted by Crippen LogP contribution is 2.32. The maximum absolute atomic E-state index is 13.5. The Balaban J connectivity index is 1.34. The first-order valence-electron chi connectivity index (χ1n) is 12.1. The summed E-state index contributed by atoms with van der Waals surface area (Å²) < 4.78 is 57.0. The molecule has 13 heteroatoms. The minimum Gasteiger partial charge on any atom is -0.350 e. The molecule has 9 nitrogen and oxygen atoms in total. The Morgan fingerprint density at radius 2 is 1.77 bits per heavy atom. The lowest BCUT2D eigenvalue weighted by molar-refractivity contribution is -0.140. The molecule has 0 unspecified atom stereocenters. The summed E-state index contributed by atoms with van der Waals surface area (Å²) in [5.41, 5.74) is 1.58. The molecule has 4 aromatic heterocycles. The zero-order valence-corrected chi connectivity index (χ0v) is 20.9. The van der Waals surface area contributed by atoms with Crippen LogP contribution >= 0.6 is 0 Å². The highest BCUT2D eigenvalue weighted by molar-refractivity contribution is 5.77. The third-order valence-corrected chi connectivity index (χ3v) is 6.77. The number of nitrogens with zero attached hydrogens (tertiary/aromatic N) is 8. The van der Waals surface area contributed by atoms with E-state index in [1.165, 1.54) is 20.7 Å². The first kappa shape index (κ1) is 24.8. The first-order valence-corrected chi connectivity index (χ1v) is 12.1. The van der Waals surface area contributed by atoms with E-state index >= 15 is 0 Å². The van der Waals surface area contributed by atoms with Crippen molar-refractivity contribution >= 4 is 17.0 Å². The Morgan fingerprint density at radius 3 is 2.44 bits per heavy atom. The van der Waals surface area contributed by atoms with Crippen LogP contribution in [0, 0.1) is 0 Å². The monoisotopic (exact) mass is 538 g/mol. The van der Waals surface area contributed by atoms with Crippen LogP contribution in [0.4, 0.5) is 23.4 Å². The molecule has 0 radical (unpaired) electrons. The Labute approximate surface area is 219 Å². The van der Waals surface area contributed by atoms with Crippen LogP contribution in [0.5, 0.6) is 0 Å². The standard InChI is InChI=1S/C26H22F4N8O/c1-35-14-20(26(28,29)30)33-22(35)16-7-5-15(6-8-16)11-38-24-19(36(2)25(38)39)10-32-21(34-24)18-4-3-9-31-23(18)37-12-17(27)13-37/h3-10,14,17H,11-13H2,1-2H3. The number of fused-ring (bicyclic) bond motifs is 1. The van der Waals surface area contributed by atoms with Gasteiger partial charge in [-0.1, -0.05) is 24.3 Å². The quantitative estimate of drug-likeness (QED) is 0.317. The fourth-order valence-electron chi connectivity index (χ4n) is 4.68. The molecule has 1 aliphatic rings. The largest absolute Gasteiger partial charge is 0.434 e. The summed E-state index contributed by atoms with van der Waals surface area (Å²) in [7, 11) is 3.13. The predicted molar refractivity (Wildman–Crippen MR) is 136 cm³/mol. The van der Waals surface area contributed by atoms with Crippen LogP contribution in [0.3, 0.4) is 0 Å². The Hall–Kier alpha value is -4.55. The normalized spacial score (nSPS) is 14.3. The van der Waals surface area contributed by atoms with Crippen molar-refractivity contribution in [1.82, 2.24) is 33.6 Å². The second-order valence-electron chi connectivity index (χ2n) is 9.46. The molecule has 5 heterocycles. The lowest BCUT2D eigenvalue weighted by Crippen LogP contribution is -2.49. The number of hydrogen-bond donors (Lipinski definition) is 0. The van der Waals surface area contributed by atoms with E-state index in [4.69, 9.17) is 4.98 Å². The molecule has 0 saturated carbocycles. The topological polar surface area (TPSA) is 86.7 Å². The van der Waals surface area contributed by atoms with Crippen LogP contribution in [0.1, 0.15) is 11.3 Å². The molecular formula is C26H22F4N8O. The number of halogens is 4. The number of alkyl halides is 4. The Bertz CT molecular complexity index is 1750. The van der Waals surface area contributed by atoms with E-state index in [0.717, 1.165) is 11.8 Å². The zero-order valence-electron chi connectivity index (χ0n) is 20.9. The van der Waals surface area contributed by atoms with Crippen LogP contribution in [-0.2, 0) is 26.8 Å². The van der Waals surface area contributed by atoms with E-state index in [9.17, 15) is 22.4 Å². The number of pyridine rings is 1. The van der Waals surface area contributed by atoms with E-state index in [0.29, 0.717) is 33.9 Å². The van der Waals surface area contributed by atoms with E-state index in [1.807, 2.05) is 4.90 Å². The fraction of sp³-hybridized carbons (Fsp3) is 0.269. The number of hydrogen-bond acceptors (Lipinski definition) is 6. The van der Waals surface area contributed by atoms with Gasteiger partial charge in [0.2, 0.25) is 0 Å². The third-order valence-electron chi connectivity index (χ3n) is 6.77. The molecule has 0 atom stereocenters. The molecule has 200 valence electrons. The van der Waals surface area contributed by atoms with Gasteiger partial charge >= 0.3 is 11.9 Å². The molecular weight excluding hydrogens is 516 g/mol. The highest BCUT2D eigenvalue weighted by atomic mass is 19.4. The minimum atomic E-state index is -4.53. The molecule has 1 saturated heterocycles. The summed E-state index contributed by atoms with van der Waals surface area (Å²) in [5.74, 6) is 1.12. The van der Waals surface area contributed by atoms with Gasteiger partial charge in [0.05, 0.1) is 31.4 Å². The lowest BCUT2D eigenvalue weighted by atomic mass is 10.1. The molecule has 0 aliphatic carbocycles. The number of imidazole rings is 2. The number of aryl methyl sites for hydroxylation is 2. The maximum Gasteiger partial charge on any atom is 0.434 e. The van der Waals surface area contributed by atoms with Gasteiger partial charge in [0, 0.05) is 32.1 Å². The van der Waals surface area contributed by atoms with Crippen molar-refractivity contribution in [3.63, 3.8) is 0 Å². The van der Waals surface area contributed by atoms with E-state index < -0.39 is 18.0 Å². The van der Waals surface area contributed by atoms with Gasteiger partial charge in [-0.05, 0) is 17.7 Å². The third kappa shape index (κ3) is 4.33. The second kappa shape index (κ2) is 9.03. The van der Waals surface area contributed by atoms with Gasteiger partial charge in [0.15, 0.2) is 17.2 Å². The molecule has 0 amide bonds. The zero-order chi connectivity index (χ0) is 27.5. The van der Waals surface area contributed by atoms with Crippen LogP contribution in [0.2, 0.25) is 0 Å². The summed E-state index contributed by atoms with van der Waals surface area (Å²) in [6, 6.07) is 10.4. The van der Waals surface area contributed by atoms with Gasteiger partial charge < -0.3 is 9.47 Å². The Kier molecular flexibility index (Phi) is 5.74. The molecule has 5 aromatic rings. The minimum absolute atomic E-state index is 0.177. The molecule has 6 rings (SSSR count). The second-order valence-corrected chi connectivity index (χ2v) is 9.46. The van der Waals surface area contributed by atoms with Crippen molar-refractivity contribution in [2.45, 2.75) is 18.9 Å². The average Bonchev–Trinajstić information content (AvgIpc) is 3.41. The summed E-state index contributed by atoms with van der Waals surface area (Å²) in [6.07, 6.45) is -1.30. The van der Waals surface area contributed by atoms with E-state index in [1.54, 1.807) is 55.8 Å². The number of benzene rings is 1. The molecule has 0 spiro atoms. The van der Waals surface area contributed by atoms with E-state index in [2.05, 4.69) is 15.0 Å². The highest BCUT2D eigenvalue weighted by Gasteiger charge is 2.34. The van der Waals surface area contributed by atoms with Crippen LogP contribution in [0.25, 0.3) is 33.9 Å². The molecule has 1 fully saturated rings. The van der Waals surface area contributed by atoms with Crippen LogP contribution < -0.4 is 10.6 Å². The molecule has 1 aliphatic heterocycles. The summed E-state index contributed by atoms with van der Waals surface area (Å²) in [5, 5.41) is 0. The number of anilines is 1. The summed E-state index contributed by atoms with van der Waals surface area (Å²) >= 11 is 0. The summed E-state index contributed by atoms with van der Waals surface area (Å²) in [6.45, 7) is 0.666. The SMILES string of the molecule is Cn1cc(C(F)(F)F)nc1-c1ccc(Cn2c(=O)n(C)c3cnc(-c4cccnc4N4CC(F)C4)nc32)cc1. The maximum atomic E-state index is 13.5. The molecule has 39 heavy (non-hydrogen) atoms. The molecule has 0 N–H and O–H groups in total. The van der Waals surface area contributed by atoms with Gasteiger partial charge in [0.1, 0.15) is 23.3 Å². The number of aromatic nitrogens is 7. The van der Waals surface area contributed by atoms with Crippen molar-refractivity contribution in [1.29, 1.82) is 0 Å². The van der Waals surface area contributed by atoms with Crippen LogP contribution in [-0.4, -0.2) is 52.9 Å². The smallest absolute Gasteiger partial charge is 0.350 e. The van der Waals surface area contributed by atoms with Crippen molar-refractivity contribution in [3.8, 4) is 22.8 Å². The molecule has 1 aromatic carbocycles. The van der Waals surface area contributed by atoms with Gasteiger partial charge in [-0.2, -0.15) is 13.2 Å². The fourth-order valence-corrected chi connectivity index (χ4v) is 4.68. The van der Waals surface area contributed by atoms with Gasteiger partial charge in [-0.3, -0.25) is 9.13 Å². The van der Waals surface area contributed by atoms with Gasteiger partial charge in [0.25, 0.3) is 0 Å². The first-order chi connectivity index (χ1) is 18.6. The van der Waals surface area contributed by atoms with Gasteiger partial charge in [-0.15, -0.1) is 0 Å². The lowest BCUT2D eigenvalue weighted by Gasteiger charge is -2.36. The summed E-state index contributed by atoms with van der Waals surface area (Å²) in [4.78, 5) is 32.2. The Morgan fingerprint density at radius 1 is 1.03 bits per heavy atom. The van der Waals surface area contributed by atoms with Crippen LogP contribution in [0.15, 0.2) is 59.8 Å². The van der Waals surface area contributed by atoms with Crippen molar-refractivity contribution < 1.29 is 17.6 Å².